The summed E-state index contributed by atoms with van der Waals surface area (Å²) in [6.07, 6.45) is -1.50. The fourth-order valence-electron chi connectivity index (χ4n) is 2.96. The Morgan fingerprint density at radius 2 is 2.00 bits per heavy atom. The van der Waals surface area contributed by atoms with E-state index < -0.39 is 17.3 Å². The molecule has 2 heterocycles. The van der Waals surface area contributed by atoms with Gasteiger partial charge in [0.1, 0.15) is 18.3 Å². The van der Waals surface area contributed by atoms with Crippen molar-refractivity contribution in [3.8, 4) is 0 Å². The van der Waals surface area contributed by atoms with E-state index in [0.29, 0.717) is 12.8 Å². The van der Waals surface area contributed by atoms with Crippen LogP contribution in [0.1, 0.15) is 43.8 Å². The number of aromatic nitrogens is 5. The highest BCUT2D eigenvalue weighted by Gasteiger charge is 2.58. The molecule has 1 aliphatic carbocycles. The van der Waals surface area contributed by atoms with Crippen LogP contribution >= 0.6 is 0 Å². The summed E-state index contributed by atoms with van der Waals surface area (Å²) in [6.45, 7) is -0.152. The third-order valence-corrected chi connectivity index (χ3v) is 4.32. The van der Waals surface area contributed by atoms with Crippen molar-refractivity contribution in [2.45, 2.75) is 50.2 Å². The molecule has 7 nitrogen and oxygen atoms in total. The van der Waals surface area contributed by atoms with Crippen LogP contribution < -0.4 is 5.69 Å². The first-order valence-electron chi connectivity index (χ1n) is 7.32. The summed E-state index contributed by atoms with van der Waals surface area (Å²) in [4.78, 5) is 15.6. The average molecular weight is 331 g/mol. The van der Waals surface area contributed by atoms with Gasteiger partial charge in [0.25, 0.3) is 0 Å². The molecule has 23 heavy (non-hydrogen) atoms. The van der Waals surface area contributed by atoms with Crippen molar-refractivity contribution in [3.05, 3.63) is 28.5 Å². The van der Waals surface area contributed by atoms with Gasteiger partial charge in [-0.3, -0.25) is 4.57 Å². The van der Waals surface area contributed by atoms with Gasteiger partial charge in [-0.2, -0.15) is 23.3 Å². The second-order valence-corrected chi connectivity index (χ2v) is 5.83. The Morgan fingerprint density at radius 1 is 1.30 bits per heavy atom. The molecule has 0 spiro atoms. The molecule has 2 aromatic heterocycles. The van der Waals surface area contributed by atoms with Crippen molar-refractivity contribution in [1.82, 2.24) is 24.5 Å². The number of aryl methyl sites for hydroxylation is 1. The van der Waals surface area contributed by atoms with Gasteiger partial charge in [0, 0.05) is 7.05 Å². The zero-order valence-corrected chi connectivity index (χ0v) is 12.5. The second kappa shape index (κ2) is 5.50. The van der Waals surface area contributed by atoms with Crippen molar-refractivity contribution < 1.29 is 17.7 Å². The number of hydrogen-bond acceptors (Lipinski definition) is 5. The van der Waals surface area contributed by atoms with Crippen LogP contribution in [0.2, 0.25) is 0 Å². The maximum absolute atomic E-state index is 13.6. The minimum atomic E-state index is -4.43. The third-order valence-electron chi connectivity index (χ3n) is 4.32. The highest BCUT2D eigenvalue weighted by Crippen LogP contribution is 2.49. The standard InChI is InChI=1S/C13H16F3N5O2/c1-20-8-17-21(11(20)22)7-9-18-10(19-23-9)12(13(14,15)16)5-3-2-4-6-12/h8H,2-7H2,1H3. The van der Waals surface area contributed by atoms with Gasteiger partial charge in [-0.25, -0.2) is 9.48 Å². The Morgan fingerprint density at radius 3 is 2.57 bits per heavy atom. The van der Waals surface area contributed by atoms with Crippen molar-refractivity contribution in [2.75, 3.05) is 0 Å². The second-order valence-electron chi connectivity index (χ2n) is 5.83. The van der Waals surface area contributed by atoms with Gasteiger partial charge in [-0.05, 0) is 12.8 Å². The van der Waals surface area contributed by atoms with Gasteiger partial charge in [0.05, 0.1) is 0 Å². The number of halogens is 3. The Kier molecular flexibility index (Phi) is 3.77. The number of alkyl halides is 3. The van der Waals surface area contributed by atoms with Crippen molar-refractivity contribution in [1.29, 1.82) is 0 Å². The lowest BCUT2D eigenvalue weighted by Crippen LogP contribution is -2.44. The first kappa shape index (κ1) is 15.8. The first-order valence-corrected chi connectivity index (χ1v) is 7.32. The fraction of sp³-hybridized carbons (Fsp3) is 0.692. The molecule has 0 bridgehead atoms. The van der Waals surface area contributed by atoms with E-state index in [9.17, 15) is 18.0 Å². The van der Waals surface area contributed by atoms with Crippen LogP contribution in [0.5, 0.6) is 0 Å². The van der Waals surface area contributed by atoms with Crippen molar-refractivity contribution in [3.63, 3.8) is 0 Å². The number of hydrogen-bond donors (Lipinski definition) is 0. The highest BCUT2D eigenvalue weighted by molar-refractivity contribution is 5.13. The van der Waals surface area contributed by atoms with E-state index >= 15 is 0 Å². The Labute approximate surface area is 129 Å². The van der Waals surface area contributed by atoms with Crippen LogP contribution in [0.15, 0.2) is 15.6 Å². The molecule has 0 radical (unpaired) electrons. The summed E-state index contributed by atoms with van der Waals surface area (Å²) in [6, 6.07) is 0. The molecule has 2 aromatic rings. The van der Waals surface area contributed by atoms with Gasteiger partial charge in [-0.1, -0.05) is 24.4 Å². The summed E-state index contributed by atoms with van der Waals surface area (Å²) in [5, 5.41) is 7.37. The quantitative estimate of drug-likeness (QED) is 0.856. The Balaban J connectivity index is 1.90. The zero-order valence-electron chi connectivity index (χ0n) is 12.5. The molecule has 0 N–H and O–H groups in total. The van der Waals surface area contributed by atoms with Crippen LogP contribution in [0.25, 0.3) is 0 Å². The number of rotatable bonds is 3. The molecule has 0 amide bonds. The molecule has 1 saturated carbocycles. The molecule has 126 valence electrons. The van der Waals surface area contributed by atoms with E-state index in [1.807, 2.05) is 0 Å². The molecule has 0 saturated heterocycles. The lowest BCUT2D eigenvalue weighted by atomic mass is 9.73. The summed E-state index contributed by atoms with van der Waals surface area (Å²) >= 11 is 0. The maximum Gasteiger partial charge on any atom is 0.401 e. The van der Waals surface area contributed by atoms with Crippen LogP contribution in [0, 0.1) is 0 Å². The molecule has 1 aliphatic rings. The third kappa shape index (κ3) is 2.66. The molecule has 1 fully saturated rings. The molecular weight excluding hydrogens is 315 g/mol. The van der Waals surface area contributed by atoms with E-state index in [1.165, 1.54) is 17.9 Å². The topological polar surface area (TPSA) is 78.7 Å². The normalized spacial score (nSPS) is 18.3. The van der Waals surface area contributed by atoms with Crippen molar-refractivity contribution in [2.24, 2.45) is 7.05 Å². The van der Waals surface area contributed by atoms with Gasteiger partial charge in [0.2, 0.25) is 5.89 Å². The molecular formula is C13H16F3N5O2. The highest BCUT2D eigenvalue weighted by atomic mass is 19.4. The van der Waals surface area contributed by atoms with Crippen LogP contribution in [-0.4, -0.2) is 30.7 Å². The van der Waals surface area contributed by atoms with E-state index in [-0.39, 0.29) is 31.1 Å². The van der Waals surface area contributed by atoms with Crippen molar-refractivity contribution >= 4 is 0 Å². The first-order chi connectivity index (χ1) is 10.8. The molecule has 0 aromatic carbocycles. The van der Waals surface area contributed by atoms with Gasteiger partial charge in [0.15, 0.2) is 5.82 Å². The molecule has 3 rings (SSSR count). The molecule has 0 unspecified atom stereocenters. The summed E-state index contributed by atoms with van der Waals surface area (Å²) in [7, 11) is 1.52. The van der Waals surface area contributed by atoms with Crippen LogP contribution in [0.4, 0.5) is 13.2 Å². The van der Waals surface area contributed by atoms with Crippen LogP contribution in [0.3, 0.4) is 0 Å². The SMILES string of the molecule is Cn1cnn(Cc2nc(C3(C(F)(F)F)CCCCC3)no2)c1=O. The monoisotopic (exact) mass is 331 g/mol. The van der Waals surface area contributed by atoms with Gasteiger partial charge < -0.3 is 4.52 Å². The average Bonchev–Trinajstić information content (AvgIpc) is 3.10. The lowest BCUT2D eigenvalue weighted by molar-refractivity contribution is -0.202. The van der Waals surface area contributed by atoms with E-state index in [0.717, 1.165) is 11.1 Å². The zero-order chi connectivity index (χ0) is 16.7. The minimum Gasteiger partial charge on any atom is -0.337 e. The number of nitrogens with zero attached hydrogens (tertiary/aromatic N) is 5. The van der Waals surface area contributed by atoms with Gasteiger partial charge >= 0.3 is 11.9 Å². The van der Waals surface area contributed by atoms with E-state index in [1.54, 1.807) is 0 Å². The minimum absolute atomic E-state index is 0.0427. The maximum atomic E-state index is 13.6. The lowest BCUT2D eigenvalue weighted by Gasteiger charge is -2.35. The molecule has 0 aliphatic heterocycles. The fourth-order valence-corrected chi connectivity index (χ4v) is 2.96. The summed E-state index contributed by atoms with van der Waals surface area (Å²) < 4.78 is 48.0. The predicted octanol–water partition coefficient (Wildman–Crippen LogP) is 1.78. The molecule has 10 heteroatoms. The summed E-state index contributed by atoms with van der Waals surface area (Å²) in [5.74, 6) is -0.404. The van der Waals surface area contributed by atoms with Crippen LogP contribution in [-0.2, 0) is 19.0 Å². The summed E-state index contributed by atoms with van der Waals surface area (Å²) in [5.41, 5.74) is -2.46. The molecule has 0 atom stereocenters. The van der Waals surface area contributed by atoms with E-state index in [2.05, 4.69) is 15.2 Å². The Bertz CT molecular complexity index is 739. The smallest absolute Gasteiger partial charge is 0.337 e. The Hall–Kier alpha value is -2.13. The largest absolute Gasteiger partial charge is 0.401 e. The van der Waals surface area contributed by atoms with Gasteiger partial charge in [-0.15, -0.1) is 0 Å². The van der Waals surface area contributed by atoms with E-state index in [4.69, 9.17) is 4.52 Å². The predicted molar refractivity (Wildman–Crippen MR) is 71.7 cm³/mol.